The number of imidazole rings is 1. The first kappa shape index (κ1) is 22.5. The molecule has 2 aromatic heterocycles. The van der Waals surface area contributed by atoms with E-state index < -0.39 is 10.0 Å². The van der Waals surface area contributed by atoms with Crippen LogP contribution < -0.4 is 4.72 Å². The van der Waals surface area contributed by atoms with Gasteiger partial charge >= 0.3 is 0 Å². The highest BCUT2D eigenvalue weighted by Crippen LogP contribution is 2.21. The molecule has 0 unspecified atom stereocenters. The Bertz CT molecular complexity index is 720. The summed E-state index contributed by atoms with van der Waals surface area (Å²) in [4.78, 5) is 6.50. The van der Waals surface area contributed by atoms with Gasteiger partial charge in [0.15, 0.2) is 0 Å². The number of hydrogen-bond donors (Lipinski definition) is 1. The molecule has 0 bridgehead atoms. The van der Waals surface area contributed by atoms with Gasteiger partial charge in [0.25, 0.3) is 0 Å². The Hall–Kier alpha value is -0.510. The lowest BCUT2D eigenvalue weighted by atomic mass is 10.4. The third-order valence-electron chi connectivity index (χ3n) is 2.76. The predicted molar refractivity (Wildman–Crippen MR) is 101 cm³/mol. The van der Waals surface area contributed by atoms with Gasteiger partial charge in [-0.3, -0.25) is 4.40 Å². The van der Waals surface area contributed by atoms with E-state index in [0.29, 0.717) is 12.3 Å². The van der Waals surface area contributed by atoms with Crippen LogP contribution in [0.2, 0.25) is 0 Å². The molecule has 2 aromatic rings. The summed E-state index contributed by atoms with van der Waals surface area (Å²) in [7, 11) is 0.915. The van der Waals surface area contributed by atoms with Gasteiger partial charge < -0.3 is 4.90 Å². The fourth-order valence-corrected chi connectivity index (χ4v) is 3.53. The Morgan fingerprint density at radius 3 is 2.61 bits per heavy atom. The van der Waals surface area contributed by atoms with E-state index >= 15 is 0 Å². The van der Waals surface area contributed by atoms with Gasteiger partial charge in [0, 0.05) is 18.8 Å². The van der Waals surface area contributed by atoms with Crippen molar-refractivity contribution in [3.05, 3.63) is 30.1 Å². The SMILES string of the molecule is CN(C)Cc1cnc2cccc(SCCNS(C)(=O)=O)n12.Cl.Cl. The summed E-state index contributed by atoms with van der Waals surface area (Å²) in [5.41, 5.74) is 2.03. The van der Waals surface area contributed by atoms with Crippen LogP contribution in [0.15, 0.2) is 29.4 Å². The number of thioether (sulfide) groups is 1. The standard InChI is InChI=1S/C13H20N4O2S2.2ClH/c1-16(2)10-11-9-14-12-5-4-6-13(17(11)12)20-8-7-15-21(3,18)19;;/h4-6,9,15H,7-8,10H2,1-3H3;2*1H. The summed E-state index contributed by atoms with van der Waals surface area (Å²) < 4.78 is 26.7. The molecule has 0 spiro atoms. The van der Waals surface area contributed by atoms with Crippen LogP contribution in [0.3, 0.4) is 0 Å². The van der Waals surface area contributed by atoms with Crippen molar-refractivity contribution in [1.82, 2.24) is 19.0 Å². The summed E-state index contributed by atoms with van der Waals surface area (Å²) in [6.07, 6.45) is 3.05. The van der Waals surface area contributed by atoms with E-state index in [1.807, 2.05) is 38.5 Å². The van der Waals surface area contributed by atoms with Crippen LogP contribution in [0, 0.1) is 0 Å². The molecule has 23 heavy (non-hydrogen) atoms. The average molecular weight is 401 g/mol. The Morgan fingerprint density at radius 1 is 1.30 bits per heavy atom. The van der Waals surface area contributed by atoms with Crippen molar-refractivity contribution in [2.24, 2.45) is 0 Å². The molecule has 10 heteroatoms. The number of aromatic nitrogens is 2. The zero-order chi connectivity index (χ0) is 15.5. The molecule has 1 N–H and O–H groups in total. The highest BCUT2D eigenvalue weighted by Gasteiger charge is 2.09. The number of fused-ring (bicyclic) bond motifs is 1. The van der Waals surface area contributed by atoms with Crippen LogP contribution in [0.5, 0.6) is 0 Å². The Morgan fingerprint density at radius 2 is 2.00 bits per heavy atom. The second-order valence-corrected chi connectivity index (χ2v) is 8.01. The maximum absolute atomic E-state index is 11.0. The number of nitrogens with one attached hydrogen (secondary N) is 1. The van der Waals surface area contributed by atoms with E-state index in [-0.39, 0.29) is 24.8 Å². The molecule has 0 radical (unpaired) electrons. The topological polar surface area (TPSA) is 66.7 Å². The van der Waals surface area contributed by atoms with Crippen molar-refractivity contribution in [3.8, 4) is 0 Å². The minimum absolute atomic E-state index is 0. The summed E-state index contributed by atoms with van der Waals surface area (Å²) in [5.74, 6) is 0.672. The van der Waals surface area contributed by atoms with Gasteiger partial charge in [0.1, 0.15) is 5.65 Å². The minimum Gasteiger partial charge on any atom is -0.304 e. The van der Waals surface area contributed by atoms with Crippen molar-refractivity contribution >= 4 is 52.2 Å². The summed E-state index contributed by atoms with van der Waals surface area (Å²) in [6.45, 7) is 1.22. The molecule has 0 aromatic carbocycles. The fourth-order valence-electron chi connectivity index (χ4n) is 2.00. The van der Waals surface area contributed by atoms with Crippen LogP contribution in [-0.4, -0.2) is 55.4 Å². The lowest BCUT2D eigenvalue weighted by Gasteiger charge is -2.12. The molecule has 2 rings (SSSR count). The Kier molecular flexibility index (Phi) is 9.49. The minimum atomic E-state index is -3.12. The first-order valence-electron chi connectivity index (χ1n) is 6.54. The molecule has 0 aliphatic carbocycles. The Balaban J connectivity index is 0.00000242. The molecule has 0 saturated heterocycles. The van der Waals surface area contributed by atoms with Crippen molar-refractivity contribution in [1.29, 1.82) is 0 Å². The van der Waals surface area contributed by atoms with Gasteiger partial charge in [0.05, 0.1) is 23.2 Å². The van der Waals surface area contributed by atoms with Gasteiger partial charge in [-0.2, -0.15) is 0 Å². The van der Waals surface area contributed by atoms with E-state index in [1.54, 1.807) is 11.8 Å². The van der Waals surface area contributed by atoms with Gasteiger partial charge in [-0.05, 0) is 26.2 Å². The number of halogens is 2. The summed E-state index contributed by atoms with van der Waals surface area (Å²) in [5, 5.41) is 1.07. The number of pyridine rings is 1. The van der Waals surface area contributed by atoms with Crippen LogP contribution in [0.25, 0.3) is 5.65 Å². The van der Waals surface area contributed by atoms with Crippen molar-refractivity contribution in [3.63, 3.8) is 0 Å². The third-order valence-corrected chi connectivity index (χ3v) is 4.51. The zero-order valence-corrected chi connectivity index (χ0v) is 16.5. The number of rotatable bonds is 7. The number of nitrogens with zero attached hydrogens (tertiary/aromatic N) is 3. The predicted octanol–water partition coefficient (Wildman–Crippen LogP) is 1.88. The smallest absolute Gasteiger partial charge is 0.208 e. The molecule has 0 saturated carbocycles. The first-order valence-corrected chi connectivity index (χ1v) is 9.42. The van der Waals surface area contributed by atoms with Gasteiger partial charge in [-0.25, -0.2) is 18.1 Å². The van der Waals surface area contributed by atoms with E-state index in [4.69, 9.17) is 0 Å². The van der Waals surface area contributed by atoms with Gasteiger partial charge in [-0.15, -0.1) is 36.6 Å². The highest BCUT2D eigenvalue weighted by atomic mass is 35.5. The summed E-state index contributed by atoms with van der Waals surface area (Å²) in [6, 6.07) is 5.96. The number of hydrogen-bond acceptors (Lipinski definition) is 5. The molecule has 0 amide bonds. The molecule has 0 fully saturated rings. The maximum atomic E-state index is 11.0. The zero-order valence-electron chi connectivity index (χ0n) is 13.2. The monoisotopic (exact) mass is 400 g/mol. The average Bonchev–Trinajstić information content (AvgIpc) is 2.77. The van der Waals surface area contributed by atoms with Crippen LogP contribution in [0.4, 0.5) is 0 Å². The lowest BCUT2D eigenvalue weighted by molar-refractivity contribution is 0.394. The highest BCUT2D eigenvalue weighted by molar-refractivity contribution is 7.99. The van der Waals surface area contributed by atoms with E-state index in [1.165, 1.54) is 6.26 Å². The van der Waals surface area contributed by atoms with Gasteiger partial charge in [-0.1, -0.05) is 6.07 Å². The van der Waals surface area contributed by atoms with Crippen molar-refractivity contribution < 1.29 is 8.42 Å². The first-order chi connectivity index (χ1) is 9.87. The molecule has 0 aliphatic rings. The lowest BCUT2D eigenvalue weighted by Crippen LogP contribution is -2.24. The molecular weight excluding hydrogens is 379 g/mol. The normalized spacial score (nSPS) is 11.3. The second-order valence-electron chi connectivity index (χ2n) is 5.06. The Labute approximate surface area is 153 Å². The molecule has 0 aliphatic heterocycles. The molecule has 2 heterocycles. The fraction of sp³-hybridized carbons (Fsp3) is 0.462. The third kappa shape index (κ3) is 6.86. The number of sulfonamides is 1. The van der Waals surface area contributed by atoms with Crippen LogP contribution >= 0.6 is 36.6 Å². The van der Waals surface area contributed by atoms with Crippen LogP contribution in [0.1, 0.15) is 5.69 Å². The molecule has 132 valence electrons. The summed E-state index contributed by atoms with van der Waals surface area (Å²) >= 11 is 1.61. The molecule has 6 nitrogen and oxygen atoms in total. The molecule has 0 atom stereocenters. The van der Waals surface area contributed by atoms with Crippen LogP contribution in [-0.2, 0) is 16.6 Å². The van der Waals surface area contributed by atoms with Crippen molar-refractivity contribution in [2.45, 2.75) is 11.6 Å². The second kappa shape index (κ2) is 9.71. The van der Waals surface area contributed by atoms with E-state index in [2.05, 4.69) is 19.0 Å². The maximum Gasteiger partial charge on any atom is 0.208 e. The largest absolute Gasteiger partial charge is 0.304 e. The van der Waals surface area contributed by atoms with Crippen molar-refractivity contribution in [2.75, 3.05) is 32.6 Å². The van der Waals surface area contributed by atoms with E-state index in [9.17, 15) is 8.42 Å². The quantitative estimate of drug-likeness (QED) is 0.567. The molecular formula is C13H22Cl2N4O2S2. The van der Waals surface area contributed by atoms with E-state index in [0.717, 1.165) is 22.9 Å². The van der Waals surface area contributed by atoms with Gasteiger partial charge in [0.2, 0.25) is 10.0 Å².